The van der Waals surface area contributed by atoms with Gasteiger partial charge in [-0.3, -0.25) is 24.5 Å². The number of benzene rings is 1. The number of isothiocyanates is 1. The highest BCUT2D eigenvalue weighted by atomic mass is 32.1. The van der Waals surface area contributed by atoms with Crippen molar-refractivity contribution < 1.29 is 43.0 Å². The molecule has 0 aliphatic carbocycles. The maximum Gasteiger partial charge on any atom is 0.303 e. The Morgan fingerprint density at radius 1 is 1.03 bits per heavy atom. The molecule has 0 bridgehead atoms. The fourth-order valence-electron chi connectivity index (χ4n) is 3.00. The molecule has 172 valence electrons. The Labute approximate surface area is 187 Å². The van der Waals surface area contributed by atoms with Gasteiger partial charge in [-0.2, -0.15) is 0 Å². The fraction of sp³-hybridized carbons (Fsp3) is 0.474. The van der Waals surface area contributed by atoms with Gasteiger partial charge >= 0.3 is 17.9 Å². The van der Waals surface area contributed by atoms with Gasteiger partial charge in [0.25, 0.3) is 5.69 Å². The normalized spacial score (nSPS) is 24.4. The van der Waals surface area contributed by atoms with E-state index in [9.17, 15) is 24.5 Å². The average Bonchev–Trinajstić information content (AvgIpc) is 2.70. The maximum atomic E-state index is 11.8. The summed E-state index contributed by atoms with van der Waals surface area (Å²) in [5.41, 5.74) is -0.167. The van der Waals surface area contributed by atoms with Crippen LogP contribution in [0.3, 0.4) is 0 Å². The standard InChI is InChI=1S/C19H20N2O10S/c1-10(22)27-16-15(8-20-9-32)31-19(18(29-12(3)24)17(16)28-11(2)23)30-14-6-4-13(5-7-14)21(25)26/h4-7,15-19H,8H2,1-3H3/t15?,16-,17?,18?,19+/m1/s1. The Hall–Kier alpha value is -3.41. The van der Waals surface area contributed by atoms with Gasteiger partial charge in [-0.1, -0.05) is 0 Å². The molecule has 3 unspecified atom stereocenters. The first kappa shape index (κ1) is 24.9. The number of nitrogens with zero attached hydrogens (tertiary/aromatic N) is 2. The van der Waals surface area contributed by atoms with Crippen LogP contribution < -0.4 is 4.74 Å². The average molecular weight is 468 g/mol. The summed E-state index contributed by atoms with van der Waals surface area (Å²) in [6.45, 7) is 3.26. The fourth-order valence-corrected chi connectivity index (χ4v) is 3.08. The van der Waals surface area contributed by atoms with Gasteiger partial charge in [-0.15, -0.1) is 0 Å². The molecule has 12 nitrogen and oxygen atoms in total. The van der Waals surface area contributed by atoms with E-state index in [1.54, 1.807) is 0 Å². The molecule has 1 aliphatic rings. The van der Waals surface area contributed by atoms with Crippen molar-refractivity contribution in [3.63, 3.8) is 0 Å². The van der Waals surface area contributed by atoms with Crippen LogP contribution in [0.5, 0.6) is 5.75 Å². The Morgan fingerprint density at radius 2 is 1.56 bits per heavy atom. The number of hydrogen-bond acceptors (Lipinski definition) is 12. The molecular weight excluding hydrogens is 448 g/mol. The molecule has 0 N–H and O–H groups in total. The first-order chi connectivity index (χ1) is 15.1. The molecule has 0 radical (unpaired) electrons. The molecule has 0 aromatic heterocycles. The Kier molecular flexibility index (Phi) is 8.76. The molecular formula is C19H20N2O10S. The summed E-state index contributed by atoms with van der Waals surface area (Å²) in [7, 11) is 0. The summed E-state index contributed by atoms with van der Waals surface area (Å²) in [6.07, 6.45) is -6.20. The molecule has 1 aromatic rings. The SMILES string of the molecule is CC(=O)OC1C(OC(C)=O)[C@H](OC(C)=O)C(CN=C=S)O[C@@H]1Oc1ccc([N+](=O)[O-])cc1. The Morgan fingerprint density at radius 3 is 2.06 bits per heavy atom. The van der Waals surface area contributed by atoms with E-state index in [0.717, 1.165) is 20.8 Å². The van der Waals surface area contributed by atoms with Crippen LogP contribution in [0.25, 0.3) is 0 Å². The van der Waals surface area contributed by atoms with E-state index >= 15 is 0 Å². The van der Waals surface area contributed by atoms with Crippen LogP contribution in [-0.4, -0.2) is 65.2 Å². The molecule has 2 rings (SSSR count). The van der Waals surface area contributed by atoms with Gasteiger partial charge in [0.05, 0.1) is 16.6 Å². The maximum absolute atomic E-state index is 11.8. The summed E-state index contributed by atoms with van der Waals surface area (Å²) in [4.78, 5) is 49.2. The summed E-state index contributed by atoms with van der Waals surface area (Å²) in [5.74, 6) is -2.05. The lowest BCUT2D eigenvalue weighted by molar-refractivity contribution is -0.384. The van der Waals surface area contributed by atoms with Gasteiger partial charge < -0.3 is 23.7 Å². The zero-order valence-corrected chi connectivity index (χ0v) is 18.1. The predicted octanol–water partition coefficient (Wildman–Crippen LogP) is 1.60. The first-order valence-corrected chi connectivity index (χ1v) is 9.65. The van der Waals surface area contributed by atoms with E-state index in [2.05, 4.69) is 22.4 Å². The van der Waals surface area contributed by atoms with Crippen molar-refractivity contribution in [1.82, 2.24) is 0 Å². The highest BCUT2D eigenvalue weighted by Crippen LogP contribution is 2.31. The summed E-state index contributed by atoms with van der Waals surface area (Å²) < 4.78 is 27.4. The Balaban J connectivity index is 2.44. The molecule has 0 spiro atoms. The number of carbonyl (C=O) groups excluding carboxylic acids is 3. The monoisotopic (exact) mass is 468 g/mol. The molecule has 1 fully saturated rings. The number of ether oxygens (including phenoxy) is 5. The number of aliphatic imine (C=N–C) groups is 1. The van der Waals surface area contributed by atoms with Gasteiger partial charge in [-0.25, -0.2) is 4.99 Å². The van der Waals surface area contributed by atoms with Crippen LogP contribution in [-0.2, 0) is 33.3 Å². The van der Waals surface area contributed by atoms with E-state index in [1.807, 2.05) is 0 Å². The second-order valence-electron chi connectivity index (χ2n) is 6.57. The van der Waals surface area contributed by atoms with Gasteiger partial charge in [0, 0.05) is 32.9 Å². The minimum atomic E-state index is -1.35. The van der Waals surface area contributed by atoms with Crippen molar-refractivity contribution >= 4 is 41.0 Å². The minimum Gasteiger partial charge on any atom is -0.461 e. The highest BCUT2D eigenvalue weighted by molar-refractivity contribution is 7.78. The van der Waals surface area contributed by atoms with Crippen molar-refractivity contribution in [3.05, 3.63) is 34.4 Å². The van der Waals surface area contributed by atoms with E-state index < -0.39 is 53.5 Å². The second kappa shape index (κ2) is 11.3. The van der Waals surface area contributed by atoms with E-state index in [1.165, 1.54) is 24.3 Å². The number of rotatable bonds is 8. The van der Waals surface area contributed by atoms with Crippen LogP contribution in [0.4, 0.5) is 5.69 Å². The molecule has 1 heterocycles. The van der Waals surface area contributed by atoms with Gasteiger partial charge in [0.1, 0.15) is 11.9 Å². The van der Waals surface area contributed by atoms with Crippen molar-refractivity contribution in [2.45, 2.75) is 51.5 Å². The van der Waals surface area contributed by atoms with Crippen LogP contribution >= 0.6 is 12.2 Å². The molecule has 0 amide bonds. The number of nitro benzene ring substituents is 1. The smallest absolute Gasteiger partial charge is 0.303 e. The van der Waals surface area contributed by atoms with Crippen molar-refractivity contribution in [3.8, 4) is 5.75 Å². The number of thiocarbonyl (C=S) groups is 1. The van der Waals surface area contributed by atoms with Crippen molar-refractivity contribution in [1.29, 1.82) is 0 Å². The Bertz CT molecular complexity index is 915. The molecule has 32 heavy (non-hydrogen) atoms. The van der Waals surface area contributed by atoms with Gasteiger partial charge in [-0.05, 0) is 24.4 Å². The lowest BCUT2D eigenvalue weighted by Crippen LogP contribution is -2.63. The van der Waals surface area contributed by atoms with Crippen LogP contribution in [0.15, 0.2) is 29.3 Å². The summed E-state index contributed by atoms with van der Waals surface area (Å²) >= 11 is 4.57. The lowest BCUT2D eigenvalue weighted by Gasteiger charge is -2.43. The van der Waals surface area contributed by atoms with E-state index in [0.29, 0.717) is 0 Å². The van der Waals surface area contributed by atoms with Gasteiger partial charge in [0.15, 0.2) is 12.2 Å². The molecule has 5 atom stereocenters. The molecule has 1 aromatic carbocycles. The number of carbonyl (C=O) groups is 3. The predicted molar refractivity (Wildman–Crippen MR) is 109 cm³/mol. The first-order valence-electron chi connectivity index (χ1n) is 9.24. The number of esters is 3. The summed E-state index contributed by atoms with van der Waals surface area (Å²) in [5, 5.41) is 13.0. The molecule has 1 saturated heterocycles. The van der Waals surface area contributed by atoms with Crippen LogP contribution in [0, 0.1) is 10.1 Å². The largest absolute Gasteiger partial charge is 0.461 e. The van der Waals surface area contributed by atoms with E-state index in [4.69, 9.17) is 23.7 Å². The zero-order chi connectivity index (χ0) is 23.8. The zero-order valence-electron chi connectivity index (χ0n) is 17.3. The van der Waals surface area contributed by atoms with Crippen molar-refractivity contribution in [2.75, 3.05) is 6.54 Å². The lowest BCUT2D eigenvalue weighted by atomic mass is 9.97. The van der Waals surface area contributed by atoms with Crippen LogP contribution in [0.2, 0.25) is 0 Å². The topological polar surface area (TPSA) is 153 Å². The number of nitro groups is 1. The molecule has 1 aliphatic heterocycles. The second-order valence-corrected chi connectivity index (χ2v) is 6.75. The van der Waals surface area contributed by atoms with E-state index in [-0.39, 0.29) is 18.0 Å². The summed E-state index contributed by atoms with van der Waals surface area (Å²) in [6, 6.07) is 5.04. The third kappa shape index (κ3) is 6.80. The quantitative estimate of drug-likeness (QED) is 0.136. The number of non-ortho nitro benzene ring substituents is 1. The third-order valence-electron chi connectivity index (χ3n) is 4.13. The highest BCUT2D eigenvalue weighted by Gasteiger charge is 2.53. The van der Waals surface area contributed by atoms with Crippen LogP contribution in [0.1, 0.15) is 20.8 Å². The van der Waals surface area contributed by atoms with Gasteiger partial charge in [0.2, 0.25) is 12.4 Å². The molecule has 0 saturated carbocycles. The minimum absolute atomic E-state index is 0.133. The number of hydrogen-bond donors (Lipinski definition) is 0. The van der Waals surface area contributed by atoms with Crippen molar-refractivity contribution in [2.24, 2.45) is 4.99 Å². The third-order valence-corrected chi connectivity index (χ3v) is 4.26. The molecule has 13 heteroatoms.